The minimum Gasteiger partial charge on any atom is -0.445 e. The molecule has 1 aliphatic heterocycles. The molecule has 24 heavy (non-hydrogen) atoms. The number of hydrogen-bond donors (Lipinski definition) is 1. The van der Waals surface area contributed by atoms with E-state index < -0.39 is 0 Å². The van der Waals surface area contributed by atoms with E-state index in [2.05, 4.69) is 17.1 Å². The van der Waals surface area contributed by atoms with Crippen LogP contribution in [0.5, 0.6) is 0 Å². The number of nitrogens with zero attached hydrogens (tertiary/aromatic N) is 1. The zero-order chi connectivity index (χ0) is 16.8. The standard InChI is InChI=1S/C20H30N2O2/c1-2-16-12-18(14-22(13-16)19-10-6-7-11-19)21-20(23)24-15-17-8-4-3-5-9-17/h3-5,8-9,16,18-19H,2,6-7,10-15H2,1H3,(H,21,23). The van der Waals surface area contributed by atoms with Crippen molar-refractivity contribution in [3.05, 3.63) is 35.9 Å². The topological polar surface area (TPSA) is 41.6 Å². The summed E-state index contributed by atoms with van der Waals surface area (Å²) in [6.45, 7) is 4.76. The first-order valence-electron chi connectivity index (χ1n) is 9.46. The molecule has 0 bridgehead atoms. The van der Waals surface area contributed by atoms with Gasteiger partial charge in [-0.3, -0.25) is 4.90 Å². The lowest BCUT2D eigenvalue weighted by molar-refractivity contribution is 0.0863. The van der Waals surface area contributed by atoms with Gasteiger partial charge < -0.3 is 10.1 Å². The third-order valence-corrected chi connectivity index (χ3v) is 5.52. The summed E-state index contributed by atoms with van der Waals surface area (Å²) in [5.41, 5.74) is 1.02. The molecule has 0 spiro atoms. The Morgan fingerprint density at radius 3 is 2.67 bits per heavy atom. The molecule has 1 aromatic rings. The Labute approximate surface area is 145 Å². The van der Waals surface area contributed by atoms with Gasteiger partial charge in [-0.2, -0.15) is 0 Å². The van der Waals surface area contributed by atoms with Crippen molar-refractivity contribution in [1.82, 2.24) is 10.2 Å². The molecule has 1 aliphatic carbocycles. The molecular weight excluding hydrogens is 300 g/mol. The number of nitrogens with one attached hydrogen (secondary N) is 1. The van der Waals surface area contributed by atoms with E-state index in [1.807, 2.05) is 30.3 Å². The summed E-state index contributed by atoms with van der Waals surface area (Å²) in [7, 11) is 0. The lowest BCUT2D eigenvalue weighted by atomic mass is 9.91. The fourth-order valence-electron chi connectivity index (χ4n) is 4.14. The van der Waals surface area contributed by atoms with Crippen LogP contribution in [0.4, 0.5) is 4.79 Å². The maximum atomic E-state index is 12.2. The molecule has 4 heteroatoms. The zero-order valence-electron chi connectivity index (χ0n) is 14.7. The SMILES string of the molecule is CCC1CC(NC(=O)OCc2ccccc2)CN(C2CCCC2)C1. The first-order valence-corrected chi connectivity index (χ1v) is 9.46. The summed E-state index contributed by atoms with van der Waals surface area (Å²) in [5.74, 6) is 0.679. The molecule has 1 heterocycles. The second kappa shape index (κ2) is 8.52. The van der Waals surface area contributed by atoms with Crippen LogP contribution in [0.3, 0.4) is 0 Å². The monoisotopic (exact) mass is 330 g/mol. The summed E-state index contributed by atoms with van der Waals surface area (Å²) in [5, 5.41) is 3.10. The van der Waals surface area contributed by atoms with Gasteiger partial charge in [0, 0.05) is 25.2 Å². The van der Waals surface area contributed by atoms with E-state index in [9.17, 15) is 4.79 Å². The number of carbonyl (C=O) groups is 1. The average Bonchev–Trinajstić information content (AvgIpc) is 3.15. The number of amides is 1. The molecule has 2 fully saturated rings. The molecule has 1 saturated carbocycles. The maximum Gasteiger partial charge on any atom is 0.407 e. The van der Waals surface area contributed by atoms with Crippen LogP contribution in [0, 0.1) is 5.92 Å². The van der Waals surface area contributed by atoms with Crippen LogP contribution in [-0.2, 0) is 11.3 Å². The predicted molar refractivity (Wildman–Crippen MR) is 95.8 cm³/mol. The third-order valence-electron chi connectivity index (χ3n) is 5.52. The normalized spacial score (nSPS) is 25.5. The molecule has 1 saturated heterocycles. The summed E-state index contributed by atoms with van der Waals surface area (Å²) >= 11 is 0. The van der Waals surface area contributed by atoms with Crippen LogP contribution in [0.15, 0.2) is 30.3 Å². The van der Waals surface area contributed by atoms with Crippen LogP contribution in [0.1, 0.15) is 51.0 Å². The quantitative estimate of drug-likeness (QED) is 0.888. The number of hydrogen-bond acceptors (Lipinski definition) is 3. The summed E-state index contributed by atoms with van der Waals surface area (Å²) < 4.78 is 5.39. The van der Waals surface area contributed by atoms with Crippen molar-refractivity contribution in [2.75, 3.05) is 13.1 Å². The lowest BCUT2D eigenvalue weighted by Gasteiger charge is -2.40. The van der Waals surface area contributed by atoms with Crippen molar-refractivity contribution in [3.8, 4) is 0 Å². The fraction of sp³-hybridized carbons (Fsp3) is 0.650. The molecule has 2 atom stereocenters. The van der Waals surface area contributed by atoms with Gasteiger partial charge in [0.25, 0.3) is 0 Å². The second-order valence-corrected chi connectivity index (χ2v) is 7.31. The van der Waals surface area contributed by atoms with Crippen molar-refractivity contribution in [1.29, 1.82) is 0 Å². The zero-order valence-corrected chi connectivity index (χ0v) is 14.7. The van der Waals surface area contributed by atoms with Gasteiger partial charge in [0.05, 0.1) is 0 Å². The molecule has 4 nitrogen and oxygen atoms in total. The summed E-state index contributed by atoms with van der Waals surface area (Å²) in [6.07, 6.45) is 7.32. The highest BCUT2D eigenvalue weighted by atomic mass is 16.5. The van der Waals surface area contributed by atoms with Gasteiger partial charge in [0.15, 0.2) is 0 Å². The minimum absolute atomic E-state index is 0.215. The van der Waals surface area contributed by atoms with Crippen molar-refractivity contribution < 1.29 is 9.53 Å². The first-order chi connectivity index (χ1) is 11.7. The van der Waals surface area contributed by atoms with Crippen molar-refractivity contribution >= 4 is 6.09 Å². The molecule has 132 valence electrons. The number of ether oxygens (including phenoxy) is 1. The Morgan fingerprint density at radius 2 is 1.96 bits per heavy atom. The number of rotatable bonds is 5. The highest BCUT2D eigenvalue weighted by molar-refractivity contribution is 5.67. The van der Waals surface area contributed by atoms with Crippen molar-refractivity contribution in [2.45, 2.75) is 64.1 Å². The number of piperidine rings is 1. The van der Waals surface area contributed by atoms with Gasteiger partial charge in [-0.1, -0.05) is 56.5 Å². The predicted octanol–water partition coefficient (Wildman–Crippen LogP) is 3.96. The maximum absolute atomic E-state index is 12.2. The Kier molecular flexibility index (Phi) is 6.13. The molecule has 1 amide bonds. The molecule has 1 N–H and O–H groups in total. The molecule has 1 aromatic carbocycles. The minimum atomic E-state index is -0.285. The highest BCUT2D eigenvalue weighted by Crippen LogP contribution is 2.29. The molecule has 0 aromatic heterocycles. The largest absolute Gasteiger partial charge is 0.445 e. The second-order valence-electron chi connectivity index (χ2n) is 7.31. The summed E-state index contributed by atoms with van der Waals surface area (Å²) in [6, 6.07) is 10.8. The Bertz CT molecular complexity index is 514. The van der Waals surface area contributed by atoms with Gasteiger partial charge in [-0.25, -0.2) is 4.79 Å². The highest BCUT2D eigenvalue weighted by Gasteiger charge is 2.32. The van der Waals surface area contributed by atoms with E-state index >= 15 is 0 Å². The smallest absolute Gasteiger partial charge is 0.407 e. The third kappa shape index (κ3) is 4.73. The Balaban J connectivity index is 1.49. The molecule has 0 radical (unpaired) electrons. The lowest BCUT2D eigenvalue weighted by Crippen LogP contribution is -2.53. The van der Waals surface area contributed by atoms with E-state index in [0.29, 0.717) is 12.5 Å². The van der Waals surface area contributed by atoms with E-state index in [4.69, 9.17) is 4.74 Å². The van der Waals surface area contributed by atoms with Gasteiger partial charge in [0.1, 0.15) is 6.61 Å². The Hall–Kier alpha value is -1.55. The van der Waals surface area contributed by atoms with Crippen LogP contribution in [0.2, 0.25) is 0 Å². The number of benzene rings is 1. The van der Waals surface area contributed by atoms with E-state index in [1.165, 1.54) is 38.6 Å². The van der Waals surface area contributed by atoms with Gasteiger partial charge in [-0.15, -0.1) is 0 Å². The van der Waals surface area contributed by atoms with Gasteiger partial charge >= 0.3 is 6.09 Å². The number of carbonyl (C=O) groups excluding carboxylic acids is 1. The summed E-state index contributed by atoms with van der Waals surface area (Å²) in [4.78, 5) is 14.8. The average molecular weight is 330 g/mol. The molecule has 3 rings (SSSR count). The van der Waals surface area contributed by atoms with Crippen molar-refractivity contribution in [2.24, 2.45) is 5.92 Å². The van der Waals surface area contributed by atoms with Crippen molar-refractivity contribution in [3.63, 3.8) is 0 Å². The fourth-order valence-corrected chi connectivity index (χ4v) is 4.14. The van der Waals surface area contributed by atoms with Gasteiger partial charge in [-0.05, 0) is 30.7 Å². The van der Waals surface area contributed by atoms with Gasteiger partial charge in [0.2, 0.25) is 0 Å². The van der Waals surface area contributed by atoms with Crippen LogP contribution < -0.4 is 5.32 Å². The van der Waals surface area contributed by atoms with E-state index in [-0.39, 0.29) is 12.1 Å². The molecular formula is C20H30N2O2. The molecule has 2 unspecified atom stereocenters. The van der Waals surface area contributed by atoms with Crippen LogP contribution in [0.25, 0.3) is 0 Å². The molecule has 2 aliphatic rings. The van der Waals surface area contributed by atoms with E-state index in [0.717, 1.165) is 24.6 Å². The van der Waals surface area contributed by atoms with Crippen LogP contribution >= 0.6 is 0 Å². The number of alkyl carbamates (subject to hydrolysis) is 1. The Morgan fingerprint density at radius 1 is 1.21 bits per heavy atom. The number of likely N-dealkylation sites (tertiary alicyclic amines) is 1. The van der Waals surface area contributed by atoms with E-state index in [1.54, 1.807) is 0 Å². The first kappa shape index (κ1) is 17.3. The van der Waals surface area contributed by atoms with Crippen LogP contribution in [-0.4, -0.2) is 36.2 Å².